The highest BCUT2D eigenvalue weighted by molar-refractivity contribution is 5.00. The summed E-state index contributed by atoms with van der Waals surface area (Å²) in [5, 5.41) is 3.74. The SMILES string of the molecule is CCCNC(CC1CCC1)C1(OC)CCC1. The molecule has 2 fully saturated rings. The molecule has 2 rings (SSSR count). The van der Waals surface area contributed by atoms with Crippen molar-refractivity contribution >= 4 is 0 Å². The summed E-state index contributed by atoms with van der Waals surface area (Å²) in [5.74, 6) is 0.974. The van der Waals surface area contributed by atoms with Gasteiger partial charge in [-0.2, -0.15) is 0 Å². The Morgan fingerprint density at radius 1 is 1.31 bits per heavy atom. The maximum atomic E-state index is 5.84. The summed E-state index contributed by atoms with van der Waals surface area (Å²) in [7, 11) is 1.90. The average molecular weight is 225 g/mol. The van der Waals surface area contributed by atoms with E-state index in [-0.39, 0.29) is 5.60 Å². The summed E-state index contributed by atoms with van der Waals surface area (Å²) in [6.07, 6.45) is 10.8. The van der Waals surface area contributed by atoms with E-state index in [4.69, 9.17) is 4.74 Å². The summed E-state index contributed by atoms with van der Waals surface area (Å²) >= 11 is 0. The van der Waals surface area contributed by atoms with Gasteiger partial charge in [0.15, 0.2) is 0 Å². The van der Waals surface area contributed by atoms with Gasteiger partial charge in [-0.05, 0) is 44.6 Å². The molecular formula is C14H27NO. The number of ether oxygens (including phenoxy) is 1. The van der Waals surface area contributed by atoms with Crippen LogP contribution in [0.25, 0.3) is 0 Å². The fraction of sp³-hybridized carbons (Fsp3) is 1.00. The van der Waals surface area contributed by atoms with Crippen molar-refractivity contribution in [3.8, 4) is 0 Å². The average Bonchev–Trinajstić information content (AvgIpc) is 2.17. The van der Waals surface area contributed by atoms with E-state index < -0.39 is 0 Å². The van der Waals surface area contributed by atoms with Gasteiger partial charge in [-0.15, -0.1) is 0 Å². The molecule has 0 aromatic rings. The topological polar surface area (TPSA) is 21.3 Å². The number of hydrogen-bond acceptors (Lipinski definition) is 2. The lowest BCUT2D eigenvalue weighted by molar-refractivity contribution is -0.105. The molecule has 0 amide bonds. The predicted octanol–water partition coefficient (Wildman–Crippen LogP) is 3.11. The number of methoxy groups -OCH3 is 1. The summed E-state index contributed by atoms with van der Waals surface area (Å²) in [6.45, 7) is 3.39. The van der Waals surface area contributed by atoms with Crippen LogP contribution in [-0.4, -0.2) is 25.3 Å². The molecule has 2 nitrogen and oxygen atoms in total. The predicted molar refractivity (Wildman–Crippen MR) is 67.6 cm³/mol. The van der Waals surface area contributed by atoms with Gasteiger partial charge in [0.2, 0.25) is 0 Å². The zero-order chi connectivity index (χ0) is 11.4. The van der Waals surface area contributed by atoms with Crippen molar-refractivity contribution in [1.82, 2.24) is 5.32 Å². The van der Waals surface area contributed by atoms with Crippen molar-refractivity contribution in [3.05, 3.63) is 0 Å². The lowest BCUT2D eigenvalue weighted by atomic mass is 9.69. The molecule has 2 aliphatic carbocycles. The molecule has 2 aliphatic rings. The van der Waals surface area contributed by atoms with Crippen molar-refractivity contribution in [2.24, 2.45) is 5.92 Å². The number of hydrogen-bond donors (Lipinski definition) is 1. The third-order valence-electron chi connectivity index (χ3n) is 4.68. The van der Waals surface area contributed by atoms with Gasteiger partial charge in [0, 0.05) is 13.2 Å². The van der Waals surface area contributed by atoms with Gasteiger partial charge in [0.05, 0.1) is 5.60 Å². The Morgan fingerprint density at radius 2 is 2.06 bits per heavy atom. The third kappa shape index (κ3) is 2.43. The van der Waals surface area contributed by atoms with E-state index >= 15 is 0 Å². The minimum atomic E-state index is 0.185. The molecule has 0 aliphatic heterocycles. The third-order valence-corrected chi connectivity index (χ3v) is 4.68. The molecule has 16 heavy (non-hydrogen) atoms. The van der Waals surface area contributed by atoms with Crippen LogP contribution in [0.3, 0.4) is 0 Å². The first-order valence-corrected chi connectivity index (χ1v) is 7.09. The van der Waals surface area contributed by atoms with E-state index in [1.54, 1.807) is 0 Å². The Labute approximate surface area is 100 Å². The highest BCUT2D eigenvalue weighted by Crippen LogP contribution is 2.42. The molecule has 0 bridgehead atoms. The van der Waals surface area contributed by atoms with E-state index in [1.807, 2.05) is 7.11 Å². The highest BCUT2D eigenvalue weighted by Gasteiger charge is 2.45. The minimum absolute atomic E-state index is 0.185. The van der Waals surface area contributed by atoms with Gasteiger partial charge in [-0.25, -0.2) is 0 Å². The van der Waals surface area contributed by atoms with Crippen molar-refractivity contribution < 1.29 is 4.74 Å². The summed E-state index contributed by atoms with van der Waals surface area (Å²) in [4.78, 5) is 0. The molecule has 2 saturated carbocycles. The van der Waals surface area contributed by atoms with Crippen molar-refractivity contribution in [1.29, 1.82) is 0 Å². The molecule has 0 saturated heterocycles. The van der Waals surface area contributed by atoms with Crippen LogP contribution in [0.4, 0.5) is 0 Å². The Hall–Kier alpha value is -0.0800. The van der Waals surface area contributed by atoms with Crippen LogP contribution in [0.15, 0.2) is 0 Å². The molecule has 1 unspecified atom stereocenters. The van der Waals surface area contributed by atoms with Crippen LogP contribution >= 0.6 is 0 Å². The van der Waals surface area contributed by atoms with Crippen LogP contribution < -0.4 is 5.32 Å². The van der Waals surface area contributed by atoms with Crippen LogP contribution in [0.1, 0.15) is 58.3 Å². The lowest BCUT2D eigenvalue weighted by Gasteiger charge is -2.48. The highest BCUT2D eigenvalue weighted by atomic mass is 16.5. The van der Waals surface area contributed by atoms with Gasteiger partial charge < -0.3 is 10.1 Å². The molecule has 0 heterocycles. The van der Waals surface area contributed by atoms with Crippen LogP contribution in [0.2, 0.25) is 0 Å². The molecule has 0 radical (unpaired) electrons. The van der Waals surface area contributed by atoms with E-state index in [9.17, 15) is 0 Å². The molecule has 1 N–H and O–H groups in total. The quantitative estimate of drug-likeness (QED) is 0.719. The minimum Gasteiger partial charge on any atom is -0.377 e. The van der Waals surface area contributed by atoms with Gasteiger partial charge in [-0.1, -0.05) is 26.2 Å². The van der Waals surface area contributed by atoms with Crippen LogP contribution in [0.5, 0.6) is 0 Å². The second-order valence-electron chi connectivity index (χ2n) is 5.66. The second-order valence-corrected chi connectivity index (χ2v) is 5.66. The molecule has 0 spiro atoms. The maximum Gasteiger partial charge on any atom is 0.0831 e. The molecular weight excluding hydrogens is 198 g/mol. The van der Waals surface area contributed by atoms with Gasteiger partial charge in [0.25, 0.3) is 0 Å². The van der Waals surface area contributed by atoms with E-state index in [1.165, 1.54) is 51.4 Å². The van der Waals surface area contributed by atoms with Crippen LogP contribution in [-0.2, 0) is 4.74 Å². The zero-order valence-corrected chi connectivity index (χ0v) is 10.9. The fourth-order valence-corrected chi connectivity index (χ4v) is 3.08. The largest absolute Gasteiger partial charge is 0.377 e. The van der Waals surface area contributed by atoms with Gasteiger partial charge in [0.1, 0.15) is 0 Å². The van der Waals surface area contributed by atoms with Crippen molar-refractivity contribution in [2.45, 2.75) is 69.9 Å². The lowest BCUT2D eigenvalue weighted by Crippen LogP contribution is -2.57. The summed E-state index contributed by atoms with van der Waals surface area (Å²) in [6, 6.07) is 0.608. The molecule has 94 valence electrons. The second kappa shape index (κ2) is 5.50. The maximum absolute atomic E-state index is 5.84. The summed E-state index contributed by atoms with van der Waals surface area (Å²) < 4.78 is 5.84. The molecule has 0 aromatic heterocycles. The molecule has 2 heteroatoms. The number of nitrogens with one attached hydrogen (secondary N) is 1. The molecule has 1 atom stereocenters. The first-order valence-electron chi connectivity index (χ1n) is 7.09. The Morgan fingerprint density at radius 3 is 2.44 bits per heavy atom. The van der Waals surface area contributed by atoms with Gasteiger partial charge >= 0.3 is 0 Å². The number of rotatable bonds is 7. The monoisotopic (exact) mass is 225 g/mol. The van der Waals surface area contributed by atoms with E-state index in [0.29, 0.717) is 6.04 Å². The standard InChI is InChI=1S/C14H27NO/c1-3-10-15-13(11-12-6-4-7-12)14(16-2)8-5-9-14/h12-13,15H,3-11H2,1-2H3. The zero-order valence-electron chi connectivity index (χ0n) is 10.9. The van der Waals surface area contributed by atoms with Crippen LogP contribution in [0, 0.1) is 5.92 Å². The molecule has 0 aromatic carbocycles. The fourth-order valence-electron chi connectivity index (χ4n) is 3.08. The first kappa shape index (κ1) is 12.4. The van der Waals surface area contributed by atoms with Crippen molar-refractivity contribution in [3.63, 3.8) is 0 Å². The summed E-state index contributed by atoms with van der Waals surface area (Å²) in [5.41, 5.74) is 0.185. The first-order chi connectivity index (χ1) is 7.80. The van der Waals surface area contributed by atoms with Crippen molar-refractivity contribution in [2.75, 3.05) is 13.7 Å². The Bertz CT molecular complexity index is 203. The Kier molecular flexibility index (Phi) is 4.26. The van der Waals surface area contributed by atoms with E-state index in [0.717, 1.165) is 12.5 Å². The Balaban J connectivity index is 1.89. The smallest absolute Gasteiger partial charge is 0.0831 e. The van der Waals surface area contributed by atoms with E-state index in [2.05, 4.69) is 12.2 Å². The normalized spacial score (nSPS) is 25.9. The van der Waals surface area contributed by atoms with Gasteiger partial charge in [-0.3, -0.25) is 0 Å².